The molecule has 0 aliphatic heterocycles. The highest BCUT2D eigenvalue weighted by Gasteiger charge is 2.17. The summed E-state index contributed by atoms with van der Waals surface area (Å²) in [5, 5.41) is 9.02. The van der Waals surface area contributed by atoms with Gasteiger partial charge >= 0.3 is 11.9 Å². The zero-order valence-electron chi connectivity index (χ0n) is 20.9. The molecule has 0 aromatic heterocycles. The summed E-state index contributed by atoms with van der Waals surface area (Å²) < 4.78 is 5.40. The van der Waals surface area contributed by atoms with Crippen LogP contribution in [-0.2, 0) is 14.3 Å². The molecule has 0 aromatic rings. The lowest BCUT2D eigenvalue weighted by atomic mass is 10.1. The Morgan fingerprint density at radius 1 is 0.727 bits per heavy atom. The molecular formula is C29H46O4. The third-order valence-electron chi connectivity index (χ3n) is 4.99. The maximum absolute atomic E-state index is 12.0. The van der Waals surface area contributed by atoms with Gasteiger partial charge in [0.2, 0.25) is 0 Å². The molecule has 0 fully saturated rings. The Labute approximate surface area is 202 Å². The summed E-state index contributed by atoms with van der Waals surface area (Å²) in [5.41, 5.74) is 0. The molecule has 0 bridgehead atoms. The zero-order chi connectivity index (χ0) is 24.4. The van der Waals surface area contributed by atoms with Gasteiger partial charge in [-0.05, 0) is 57.8 Å². The predicted molar refractivity (Wildman–Crippen MR) is 139 cm³/mol. The molecule has 186 valence electrons. The monoisotopic (exact) mass is 458 g/mol. The molecule has 4 heteroatoms. The third-order valence-corrected chi connectivity index (χ3v) is 4.99. The highest BCUT2D eigenvalue weighted by molar-refractivity contribution is 5.71. The van der Waals surface area contributed by atoms with Gasteiger partial charge in [-0.2, -0.15) is 0 Å². The van der Waals surface area contributed by atoms with Gasteiger partial charge in [0.25, 0.3) is 0 Å². The van der Waals surface area contributed by atoms with Gasteiger partial charge < -0.3 is 9.84 Å². The van der Waals surface area contributed by atoms with Crippen molar-refractivity contribution in [2.75, 3.05) is 0 Å². The summed E-state index contributed by atoms with van der Waals surface area (Å²) in [6.45, 7) is 4.27. The van der Waals surface area contributed by atoms with Crippen molar-refractivity contribution < 1.29 is 19.4 Å². The van der Waals surface area contributed by atoms with E-state index in [-0.39, 0.29) is 12.4 Å². The van der Waals surface area contributed by atoms with Crippen LogP contribution in [0.3, 0.4) is 0 Å². The Bertz CT molecular complexity index is 626. The van der Waals surface area contributed by atoms with Crippen LogP contribution < -0.4 is 0 Å². The van der Waals surface area contributed by atoms with Crippen LogP contribution >= 0.6 is 0 Å². The first-order valence-corrected chi connectivity index (χ1v) is 12.8. The molecule has 0 saturated heterocycles. The van der Waals surface area contributed by atoms with E-state index in [0.717, 1.165) is 70.6 Å². The topological polar surface area (TPSA) is 63.6 Å². The maximum Gasteiger partial charge on any atom is 0.307 e. The first-order valence-electron chi connectivity index (χ1n) is 12.8. The lowest BCUT2D eigenvalue weighted by molar-refractivity contribution is -0.153. The van der Waals surface area contributed by atoms with E-state index in [1.807, 2.05) is 0 Å². The van der Waals surface area contributed by atoms with Crippen molar-refractivity contribution in [1.82, 2.24) is 0 Å². The van der Waals surface area contributed by atoms with Crippen LogP contribution in [0.5, 0.6) is 0 Å². The standard InChI is InChI=1S/C29H46O4/c1-3-5-7-9-10-11-12-13-14-15-16-17-18-19-20-21-23-25-29(32)33-27(26-28(30)31)24-22-8-6-4-2/h5,7,10-11,13-14,16-17,19-20,27H,3-4,6,8-9,12,15,18,21-26H2,1-2H3,(H,30,31)/b7-5-,11-10-,14-13-,17-16-,20-19-. The van der Waals surface area contributed by atoms with Gasteiger partial charge in [-0.25, -0.2) is 0 Å². The number of unbranched alkanes of at least 4 members (excludes halogenated alkanes) is 4. The highest BCUT2D eigenvalue weighted by atomic mass is 16.5. The average Bonchev–Trinajstić information content (AvgIpc) is 2.78. The Balaban J connectivity index is 3.84. The van der Waals surface area contributed by atoms with Gasteiger partial charge in [0, 0.05) is 6.42 Å². The number of esters is 1. The number of hydrogen-bond donors (Lipinski definition) is 1. The van der Waals surface area contributed by atoms with Crippen LogP contribution in [0.15, 0.2) is 60.8 Å². The van der Waals surface area contributed by atoms with E-state index < -0.39 is 12.1 Å². The second-order valence-corrected chi connectivity index (χ2v) is 8.16. The van der Waals surface area contributed by atoms with Crippen LogP contribution in [0.1, 0.15) is 104 Å². The largest absolute Gasteiger partial charge is 0.481 e. The molecule has 1 N–H and O–H groups in total. The summed E-state index contributed by atoms with van der Waals surface area (Å²) in [5.74, 6) is -1.20. The van der Waals surface area contributed by atoms with E-state index in [1.54, 1.807) is 0 Å². The Morgan fingerprint density at radius 2 is 1.27 bits per heavy atom. The fourth-order valence-corrected chi connectivity index (χ4v) is 3.17. The van der Waals surface area contributed by atoms with Crippen molar-refractivity contribution in [2.45, 2.75) is 110 Å². The van der Waals surface area contributed by atoms with Crippen molar-refractivity contribution in [3.8, 4) is 0 Å². The predicted octanol–water partition coefficient (Wildman–Crippen LogP) is 8.27. The maximum atomic E-state index is 12.0. The molecule has 0 heterocycles. The molecule has 0 aliphatic carbocycles. The van der Waals surface area contributed by atoms with E-state index in [4.69, 9.17) is 9.84 Å². The second-order valence-electron chi connectivity index (χ2n) is 8.16. The molecule has 4 nitrogen and oxygen atoms in total. The fourth-order valence-electron chi connectivity index (χ4n) is 3.17. The average molecular weight is 459 g/mol. The lowest BCUT2D eigenvalue weighted by Crippen LogP contribution is -2.21. The molecule has 0 aliphatic rings. The van der Waals surface area contributed by atoms with E-state index >= 15 is 0 Å². The van der Waals surface area contributed by atoms with Crippen molar-refractivity contribution in [1.29, 1.82) is 0 Å². The van der Waals surface area contributed by atoms with Crippen molar-refractivity contribution in [3.05, 3.63) is 60.8 Å². The summed E-state index contributed by atoms with van der Waals surface area (Å²) in [6, 6.07) is 0. The summed E-state index contributed by atoms with van der Waals surface area (Å²) >= 11 is 0. The normalized spacial score (nSPS) is 13.3. The van der Waals surface area contributed by atoms with Gasteiger partial charge in [-0.1, -0.05) is 93.9 Å². The smallest absolute Gasteiger partial charge is 0.307 e. The van der Waals surface area contributed by atoms with Crippen LogP contribution in [0.4, 0.5) is 0 Å². The quantitative estimate of drug-likeness (QED) is 0.107. The number of aliphatic carboxylic acids is 1. The third kappa shape index (κ3) is 24.1. The molecule has 0 aromatic carbocycles. The van der Waals surface area contributed by atoms with Gasteiger partial charge in [0.15, 0.2) is 0 Å². The Hall–Kier alpha value is -2.36. The number of hydrogen-bond acceptors (Lipinski definition) is 3. The SMILES string of the molecule is CC/C=C\C/C=C\C/C=C\C/C=C\C/C=C\CCCC(=O)OC(CCCCCC)CC(=O)O. The summed E-state index contributed by atoms with van der Waals surface area (Å²) in [7, 11) is 0. The Morgan fingerprint density at radius 3 is 1.79 bits per heavy atom. The molecule has 0 radical (unpaired) electrons. The molecule has 0 rings (SSSR count). The molecule has 0 amide bonds. The number of carboxylic acid groups (broad SMARTS) is 1. The molecule has 1 atom stereocenters. The van der Waals surface area contributed by atoms with Crippen molar-refractivity contribution in [2.24, 2.45) is 0 Å². The van der Waals surface area contributed by atoms with E-state index in [2.05, 4.69) is 74.6 Å². The molecule has 1 unspecified atom stereocenters. The first kappa shape index (κ1) is 30.6. The van der Waals surface area contributed by atoms with Crippen molar-refractivity contribution >= 4 is 11.9 Å². The number of allylic oxidation sites excluding steroid dienone is 10. The highest BCUT2D eigenvalue weighted by Crippen LogP contribution is 2.13. The van der Waals surface area contributed by atoms with Gasteiger partial charge in [0.1, 0.15) is 6.10 Å². The lowest BCUT2D eigenvalue weighted by Gasteiger charge is -2.16. The molecule has 0 saturated carbocycles. The molecular weight excluding hydrogens is 412 g/mol. The minimum absolute atomic E-state index is 0.105. The zero-order valence-corrected chi connectivity index (χ0v) is 20.9. The fraction of sp³-hybridized carbons (Fsp3) is 0.586. The van der Waals surface area contributed by atoms with Crippen molar-refractivity contribution in [3.63, 3.8) is 0 Å². The van der Waals surface area contributed by atoms with Crippen LogP contribution in [0.2, 0.25) is 0 Å². The van der Waals surface area contributed by atoms with Gasteiger partial charge in [-0.15, -0.1) is 0 Å². The number of carbonyl (C=O) groups excluding carboxylic acids is 1. The number of carboxylic acids is 1. The van der Waals surface area contributed by atoms with Gasteiger partial charge in [0.05, 0.1) is 6.42 Å². The minimum Gasteiger partial charge on any atom is -0.481 e. The number of rotatable bonds is 21. The first-order chi connectivity index (χ1) is 16.1. The van der Waals surface area contributed by atoms with Gasteiger partial charge in [-0.3, -0.25) is 9.59 Å². The second kappa shape index (κ2) is 24.3. The van der Waals surface area contributed by atoms with Crippen LogP contribution in [0, 0.1) is 0 Å². The van der Waals surface area contributed by atoms with Crippen LogP contribution in [0.25, 0.3) is 0 Å². The summed E-state index contributed by atoms with van der Waals surface area (Å²) in [4.78, 5) is 23.0. The number of carbonyl (C=O) groups is 2. The van der Waals surface area contributed by atoms with Crippen LogP contribution in [-0.4, -0.2) is 23.1 Å². The molecule has 33 heavy (non-hydrogen) atoms. The number of ether oxygens (including phenoxy) is 1. The van der Waals surface area contributed by atoms with E-state index in [1.165, 1.54) is 0 Å². The summed E-state index contributed by atoms with van der Waals surface area (Å²) in [6.07, 6.45) is 32.7. The molecule has 0 spiro atoms. The Kier molecular flexibility index (Phi) is 22.5. The van der Waals surface area contributed by atoms with E-state index in [9.17, 15) is 9.59 Å². The van der Waals surface area contributed by atoms with E-state index in [0.29, 0.717) is 12.8 Å². The minimum atomic E-state index is -0.915.